The lowest BCUT2D eigenvalue weighted by atomic mass is 9.63. The molecule has 3 unspecified atom stereocenters. The molecule has 1 aliphatic heterocycles. The Morgan fingerprint density at radius 3 is 2.42 bits per heavy atom. The average Bonchev–Trinajstić information content (AvgIpc) is 3.14. The Bertz CT molecular complexity index is 1010. The summed E-state index contributed by atoms with van der Waals surface area (Å²) in [4.78, 5) is 15.0. The number of methoxy groups -OCH3 is 2. The quantitative estimate of drug-likeness (QED) is 0.711. The molecule has 4 rings (SSSR count). The molecule has 5 nitrogen and oxygen atoms in total. The number of carbonyl (C=O) groups excluding carboxylic acids is 1. The first-order valence-electron chi connectivity index (χ1n) is 11.1. The largest absolute Gasteiger partial charge is 0.493 e. The normalized spacial score (nSPS) is 25.4. The highest BCUT2D eigenvalue weighted by molar-refractivity contribution is 5.94. The molecule has 1 heterocycles. The Hall–Kier alpha value is -2.74. The van der Waals surface area contributed by atoms with Gasteiger partial charge in [0.15, 0.2) is 11.5 Å². The predicted octanol–water partition coefficient (Wildman–Crippen LogP) is 4.50. The van der Waals surface area contributed by atoms with Gasteiger partial charge in [-0.3, -0.25) is 4.79 Å². The zero-order chi connectivity index (χ0) is 23.8. The van der Waals surface area contributed by atoms with Gasteiger partial charge in [-0.1, -0.05) is 6.07 Å². The maximum Gasteiger partial charge on any atom is 0.416 e. The number of halogens is 3. The molecular weight excluding hydrogens is 433 g/mol. The number of amides is 1. The number of nitrogens with zero attached hydrogens (tertiary/aromatic N) is 1. The van der Waals surface area contributed by atoms with Crippen molar-refractivity contribution in [3.05, 3.63) is 59.2 Å². The van der Waals surface area contributed by atoms with Gasteiger partial charge in [0.2, 0.25) is 0 Å². The Morgan fingerprint density at radius 1 is 1.09 bits per heavy atom. The standard InChI is InChI=1S/C25H29F3N2O3/c1-30-14-19-12-20(29-23(31)16-4-6-17(7-5-16)25(26,27)28)10-11-24(19,15-30)18-8-9-21(32-2)22(13-18)33-3/h4-9,13,19-20H,10-12,14-15H2,1-3H3,(H,29,31). The highest BCUT2D eigenvalue weighted by atomic mass is 19.4. The average molecular weight is 463 g/mol. The van der Waals surface area contributed by atoms with Crippen LogP contribution in [-0.4, -0.2) is 51.2 Å². The van der Waals surface area contributed by atoms with Gasteiger partial charge in [0.05, 0.1) is 19.8 Å². The number of likely N-dealkylation sites (N-methyl/N-ethyl adjacent to an activating group) is 1. The third kappa shape index (κ3) is 4.53. The molecule has 2 aromatic carbocycles. The molecule has 2 aliphatic rings. The van der Waals surface area contributed by atoms with Crippen LogP contribution in [0.4, 0.5) is 13.2 Å². The van der Waals surface area contributed by atoms with Gasteiger partial charge in [-0.05, 0) is 74.2 Å². The van der Waals surface area contributed by atoms with Crippen molar-refractivity contribution in [2.45, 2.75) is 36.9 Å². The van der Waals surface area contributed by atoms with Crippen LogP contribution in [0.3, 0.4) is 0 Å². The number of alkyl halides is 3. The summed E-state index contributed by atoms with van der Waals surface area (Å²) in [7, 11) is 5.36. The molecule has 0 radical (unpaired) electrons. The highest BCUT2D eigenvalue weighted by Crippen LogP contribution is 2.49. The molecule has 178 valence electrons. The Labute approximate surface area is 191 Å². The van der Waals surface area contributed by atoms with Crippen LogP contribution in [0.2, 0.25) is 0 Å². The molecule has 2 aromatic rings. The Morgan fingerprint density at radius 2 is 1.79 bits per heavy atom. The summed E-state index contributed by atoms with van der Waals surface area (Å²) in [6, 6.07) is 10.5. The Kier molecular flexibility index (Phi) is 6.31. The molecule has 0 aromatic heterocycles. The van der Waals surface area contributed by atoms with E-state index in [4.69, 9.17) is 9.47 Å². The molecule has 0 spiro atoms. The first kappa shape index (κ1) is 23.4. The molecule has 3 atom stereocenters. The number of rotatable bonds is 5. The molecule has 1 saturated carbocycles. The minimum absolute atomic E-state index is 0.0236. The number of nitrogens with one attached hydrogen (secondary N) is 1. The maximum absolute atomic E-state index is 12.8. The topological polar surface area (TPSA) is 50.8 Å². The van der Waals surface area contributed by atoms with Crippen molar-refractivity contribution in [1.29, 1.82) is 0 Å². The second kappa shape index (κ2) is 8.89. The van der Waals surface area contributed by atoms with Crippen molar-refractivity contribution in [3.63, 3.8) is 0 Å². The Balaban J connectivity index is 1.49. The van der Waals surface area contributed by atoms with Crippen molar-refractivity contribution in [1.82, 2.24) is 10.2 Å². The fourth-order valence-corrected chi connectivity index (χ4v) is 5.53. The monoisotopic (exact) mass is 462 g/mol. The molecule has 1 amide bonds. The van der Waals surface area contributed by atoms with Crippen molar-refractivity contribution >= 4 is 5.91 Å². The van der Waals surface area contributed by atoms with Gasteiger partial charge in [0.1, 0.15) is 0 Å². The lowest BCUT2D eigenvalue weighted by molar-refractivity contribution is -0.137. The minimum atomic E-state index is -4.42. The van der Waals surface area contributed by atoms with E-state index in [-0.39, 0.29) is 22.9 Å². The highest BCUT2D eigenvalue weighted by Gasteiger charge is 2.50. The number of benzene rings is 2. The first-order chi connectivity index (χ1) is 15.7. The van der Waals surface area contributed by atoms with E-state index in [0.717, 1.165) is 44.5 Å². The molecular formula is C25H29F3N2O3. The minimum Gasteiger partial charge on any atom is -0.493 e. The van der Waals surface area contributed by atoms with Crippen LogP contribution in [0.1, 0.15) is 40.7 Å². The van der Waals surface area contributed by atoms with Crippen LogP contribution in [0.15, 0.2) is 42.5 Å². The van der Waals surface area contributed by atoms with E-state index in [1.807, 2.05) is 6.07 Å². The van der Waals surface area contributed by atoms with Crippen molar-refractivity contribution in [2.75, 3.05) is 34.4 Å². The van der Waals surface area contributed by atoms with E-state index < -0.39 is 11.7 Å². The number of ether oxygens (including phenoxy) is 2. The number of fused-ring (bicyclic) bond motifs is 1. The SMILES string of the molecule is COc1ccc(C23CCC(NC(=O)c4ccc(C(F)(F)F)cc4)CC2CN(C)C3)cc1OC. The fraction of sp³-hybridized carbons (Fsp3) is 0.480. The van der Waals surface area contributed by atoms with Gasteiger partial charge in [-0.25, -0.2) is 0 Å². The van der Waals surface area contributed by atoms with Crippen LogP contribution < -0.4 is 14.8 Å². The van der Waals surface area contributed by atoms with Crippen LogP contribution in [0, 0.1) is 5.92 Å². The summed E-state index contributed by atoms with van der Waals surface area (Å²) in [5, 5.41) is 3.05. The zero-order valence-corrected chi connectivity index (χ0v) is 19.0. The molecule has 1 saturated heterocycles. The third-order valence-electron chi connectivity index (χ3n) is 7.14. The summed E-state index contributed by atoms with van der Waals surface area (Å²) >= 11 is 0. The summed E-state index contributed by atoms with van der Waals surface area (Å²) in [5.41, 5.74) is 0.653. The van der Waals surface area contributed by atoms with Crippen LogP contribution >= 0.6 is 0 Å². The van der Waals surface area contributed by atoms with Crippen molar-refractivity contribution in [2.24, 2.45) is 5.92 Å². The van der Waals surface area contributed by atoms with Gasteiger partial charge in [0, 0.05) is 30.1 Å². The van der Waals surface area contributed by atoms with Crippen LogP contribution in [0.5, 0.6) is 11.5 Å². The predicted molar refractivity (Wildman–Crippen MR) is 119 cm³/mol. The van der Waals surface area contributed by atoms with Crippen molar-refractivity contribution in [3.8, 4) is 11.5 Å². The summed E-state index contributed by atoms with van der Waals surface area (Å²) in [6.07, 6.45) is -1.91. The zero-order valence-electron chi connectivity index (χ0n) is 19.0. The van der Waals surface area contributed by atoms with E-state index in [1.54, 1.807) is 14.2 Å². The molecule has 1 aliphatic carbocycles. The molecule has 8 heteroatoms. The molecule has 1 N–H and O–H groups in total. The van der Waals surface area contributed by atoms with Gasteiger partial charge < -0.3 is 19.7 Å². The lowest BCUT2D eigenvalue weighted by Crippen LogP contribution is -2.47. The van der Waals surface area contributed by atoms with Crippen molar-refractivity contribution < 1.29 is 27.4 Å². The smallest absolute Gasteiger partial charge is 0.416 e. The summed E-state index contributed by atoms with van der Waals surface area (Å²) in [6.45, 7) is 1.84. The van der Waals surface area contributed by atoms with E-state index >= 15 is 0 Å². The number of hydrogen-bond acceptors (Lipinski definition) is 4. The second-order valence-corrected chi connectivity index (χ2v) is 9.14. The van der Waals surface area contributed by atoms with E-state index in [1.165, 1.54) is 17.7 Å². The van der Waals surface area contributed by atoms with Gasteiger partial charge >= 0.3 is 6.18 Å². The molecule has 0 bridgehead atoms. The van der Waals surface area contributed by atoms with E-state index in [2.05, 4.69) is 29.4 Å². The number of carbonyl (C=O) groups is 1. The number of likely N-dealkylation sites (tertiary alicyclic amines) is 1. The molecule has 33 heavy (non-hydrogen) atoms. The van der Waals surface area contributed by atoms with Gasteiger partial charge in [0.25, 0.3) is 5.91 Å². The lowest BCUT2D eigenvalue weighted by Gasteiger charge is -2.43. The van der Waals surface area contributed by atoms with Crippen LogP contribution in [0.25, 0.3) is 0 Å². The summed E-state index contributed by atoms with van der Waals surface area (Å²) < 4.78 is 49.3. The maximum atomic E-state index is 12.8. The van der Waals surface area contributed by atoms with E-state index in [0.29, 0.717) is 17.4 Å². The third-order valence-corrected chi connectivity index (χ3v) is 7.14. The first-order valence-corrected chi connectivity index (χ1v) is 11.1. The second-order valence-electron chi connectivity index (χ2n) is 9.14. The van der Waals surface area contributed by atoms with E-state index in [9.17, 15) is 18.0 Å². The fourth-order valence-electron chi connectivity index (χ4n) is 5.53. The van der Waals surface area contributed by atoms with Gasteiger partial charge in [-0.2, -0.15) is 13.2 Å². The number of hydrogen-bond donors (Lipinski definition) is 1. The summed E-state index contributed by atoms with van der Waals surface area (Å²) in [5.74, 6) is 1.40. The van der Waals surface area contributed by atoms with Crippen LogP contribution in [-0.2, 0) is 11.6 Å². The molecule has 2 fully saturated rings. The van der Waals surface area contributed by atoms with Gasteiger partial charge in [-0.15, -0.1) is 0 Å².